The molecule has 2 amide bonds. The second kappa shape index (κ2) is 7.82. The van der Waals surface area contributed by atoms with Gasteiger partial charge in [-0.3, -0.25) is 19.6 Å². The van der Waals surface area contributed by atoms with Gasteiger partial charge in [-0.1, -0.05) is 0 Å². The second-order valence-electron chi connectivity index (χ2n) is 5.40. The topological polar surface area (TPSA) is 84.0 Å². The predicted molar refractivity (Wildman–Crippen MR) is 90.7 cm³/mol. The first-order chi connectivity index (χ1) is 13.4. The van der Waals surface area contributed by atoms with Gasteiger partial charge in [0.15, 0.2) is 23.3 Å². The molecule has 2 N–H and O–H groups in total. The molecule has 0 aliphatic heterocycles. The second-order valence-corrected chi connectivity index (χ2v) is 5.40. The maximum absolute atomic E-state index is 14.7. The number of halogens is 4. The molecule has 0 unspecified atom stereocenters. The maximum atomic E-state index is 14.7. The number of nitrogens with one attached hydrogen (secondary N) is 2. The average molecular weight is 390 g/mol. The highest BCUT2D eigenvalue weighted by Crippen LogP contribution is 2.26. The Labute approximate surface area is 155 Å². The van der Waals surface area contributed by atoms with Crippen LogP contribution in [0.25, 0.3) is 0 Å². The number of rotatable bonds is 4. The zero-order chi connectivity index (χ0) is 20.3. The lowest BCUT2D eigenvalue weighted by Crippen LogP contribution is -2.24. The van der Waals surface area contributed by atoms with E-state index in [2.05, 4.69) is 20.6 Å². The van der Waals surface area contributed by atoms with Crippen LogP contribution in [0, 0.1) is 23.3 Å². The lowest BCUT2D eigenvalue weighted by atomic mass is 10.1. The van der Waals surface area contributed by atoms with Gasteiger partial charge in [-0.2, -0.15) is 0 Å². The SMILES string of the molecule is O=C(Nc1cccnc1)c1c(F)c(F)c(F)c(C(=O)Nc2cccnc2)c1F. The van der Waals surface area contributed by atoms with Crippen LogP contribution in [0.15, 0.2) is 49.1 Å². The summed E-state index contributed by atoms with van der Waals surface area (Å²) in [5.74, 6) is -11.0. The molecule has 0 spiro atoms. The summed E-state index contributed by atoms with van der Waals surface area (Å²) in [6, 6.07) is 5.58. The number of anilines is 2. The molecular formula is C18H10F4N4O2. The minimum atomic E-state index is -2.16. The molecule has 0 atom stereocenters. The summed E-state index contributed by atoms with van der Waals surface area (Å²) in [5, 5.41) is 4.18. The van der Waals surface area contributed by atoms with Gasteiger partial charge in [-0.15, -0.1) is 0 Å². The van der Waals surface area contributed by atoms with Crippen LogP contribution in [-0.4, -0.2) is 21.8 Å². The molecular weight excluding hydrogens is 380 g/mol. The van der Waals surface area contributed by atoms with Crippen molar-refractivity contribution in [3.63, 3.8) is 0 Å². The molecule has 0 saturated carbocycles. The van der Waals surface area contributed by atoms with Gasteiger partial charge in [0.25, 0.3) is 11.8 Å². The van der Waals surface area contributed by atoms with E-state index in [1.165, 1.54) is 49.1 Å². The standard InChI is InChI=1S/C18H10F4N4O2/c19-13-11(17(27)25-9-3-1-5-23-7-9)14(20)16(22)15(21)12(13)18(28)26-10-4-2-6-24-8-10/h1-8H,(H,25,27)(H,26,28). The molecule has 1 aromatic carbocycles. The van der Waals surface area contributed by atoms with Crippen molar-refractivity contribution in [2.75, 3.05) is 10.6 Å². The van der Waals surface area contributed by atoms with Gasteiger partial charge in [0.2, 0.25) is 0 Å². The van der Waals surface area contributed by atoms with E-state index in [1.54, 1.807) is 0 Å². The minimum Gasteiger partial charge on any atom is -0.320 e. The third-order valence-electron chi connectivity index (χ3n) is 3.56. The zero-order valence-electron chi connectivity index (χ0n) is 13.8. The van der Waals surface area contributed by atoms with Crippen molar-refractivity contribution in [1.82, 2.24) is 9.97 Å². The van der Waals surface area contributed by atoms with Crippen molar-refractivity contribution < 1.29 is 27.2 Å². The Kier molecular flexibility index (Phi) is 5.30. The number of pyridine rings is 2. The average Bonchev–Trinajstić information content (AvgIpc) is 2.68. The highest BCUT2D eigenvalue weighted by atomic mass is 19.2. The van der Waals surface area contributed by atoms with E-state index in [-0.39, 0.29) is 11.4 Å². The van der Waals surface area contributed by atoms with Crippen molar-refractivity contribution in [2.24, 2.45) is 0 Å². The predicted octanol–water partition coefficient (Wildman–Crippen LogP) is 3.54. The van der Waals surface area contributed by atoms with Crippen LogP contribution in [0.2, 0.25) is 0 Å². The Balaban J connectivity index is 2.02. The number of benzene rings is 1. The number of aromatic nitrogens is 2. The molecule has 6 nitrogen and oxygen atoms in total. The van der Waals surface area contributed by atoms with Crippen molar-refractivity contribution in [2.45, 2.75) is 0 Å². The first-order valence-corrected chi connectivity index (χ1v) is 7.69. The molecule has 0 aliphatic rings. The van der Waals surface area contributed by atoms with Gasteiger partial charge in [0, 0.05) is 12.4 Å². The largest absolute Gasteiger partial charge is 0.320 e. The maximum Gasteiger partial charge on any atom is 0.261 e. The third kappa shape index (κ3) is 3.65. The van der Waals surface area contributed by atoms with E-state index in [0.29, 0.717) is 0 Å². The Morgan fingerprint density at radius 2 is 1.11 bits per heavy atom. The Bertz CT molecular complexity index is 966. The van der Waals surface area contributed by atoms with Crippen LogP contribution in [0.3, 0.4) is 0 Å². The third-order valence-corrected chi connectivity index (χ3v) is 3.56. The summed E-state index contributed by atoms with van der Waals surface area (Å²) < 4.78 is 56.8. The molecule has 3 aromatic rings. The highest BCUT2D eigenvalue weighted by Gasteiger charge is 2.32. The van der Waals surface area contributed by atoms with Crippen LogP contribution >= 0.6 is 0 Å². The van der Waals surface area contributed by atoms with Gasteiger partial charge in [-0.05, 0) is 24.3 Å². The van der Waals surface area contributed by atoms with Crippen molar-refractivity contribution in [3.05, 3.63) is 83.4 Å². The van der Waals surface area contributed by atoms with Gasteiger partial charge in [0.05, 0.1) is 23.8 Å². The molecule has 142 valence electrons. The molecule has 28 heavy (non-hydrogen) atoms. The van der Waals surface area contributed by atoms with Crippen molar-refractivity contribution in [3.8, 4) is 0 Å². The van der Waals surface area contributed by atoms with Crippen LogP contribution in [0.5, 0.6) is 0 Å². The van der Waals surface area contributed by atoms with E-state index in [9.17, 15) is 27.2 Å². The quantitative estimate of drug-likeness (QED) is 0.406. The molecule has 3 rings (SSSR count). The monoisotopic (exact) mass is 390 g/mol. The zero-order valence-corrected chi connectivity index (χ0v) is 13.8. The molecule has 0 fully saturated rings. The fraction of sp³-hybridized carbons (Fsp3) is 0. The Hall–Kier alpha value is -3.82. The van der Waals surface area contributed by atoms with E-state index >= 15 is 0 Å². The number of nitrogens with zero attached hydrogens (tertiary/aromatic N) is 2. The molecule has 0 aliphatic carbocycles. The van der Waals surface area contributed by atoms with Gasteiger partial charge >= 0.3 is 0 Å². The Morgan fingerprint density at radius 3 is 1.46 bits per heavy atom. The lowest BCUT2D eigenvalue weighted by molar-refractivity contribution is 0.101. The minimum absolute atomic E-state index is 0.0531. The highest BCUT2D eigenvalue weighted by molar-refractivity contribution is 6.09. The smallest absolute Gasteiger partial charge is 0.261 e. The van der Waals surface area contributed by atoms with Crippen LogP contribution in [0.4, 0.5) is 28.9 Å². The fourth-order valence-corrected chi connectivity index (χ4v) is 2.29. The van der Waals surface area contributed by atoms with E-state index in [1.807, 2.05) is 0 Å². The lowest BCUT2D eigenvalue weighted by Gasteiger charge is -2.12. The molecule has 0 bridgehead atoms. The summed E-state index contributed by atoms with van der Waals surface area (Å²) in [6.45, 7) is 0. The van der Waals surface area contributed by atoms with Gasteiger partial charge in [0.1, 0.15) is 11.1 Å². The number of carbonyl (C=O) groups is 2. The van der Waals surface area contributed by atoms with Crippen LogP contribution in [0.1, 0.15) is 20.7 Å². The molecule has 2 heterocycles. The Morgan fingerprint density at radius 1 is 0.679 bits per heavy atom. The number of hydrogen-bond acceptors (Lipinski definition) is 4. The normalized spacial score (nSPS) is 10.4. The molecule has 0 radical (unpaired) electrons. The van der Waals surface area contributed by atoms with Crippen LogP contribution < -0.4 is 10.6 Å². The summed E-state index contributed by atoms with van der Waals surface area (Å²) in [7, 11) is 0. The summed E-state index contributed by atoms with van der Waals surface area (Å²) in [6.07, 6.45) is 5.11. The molecule has 0 saturated heterocycles. The van der Waals surface area contributed by atoms with Crippen molar-refractivity contribution in [1.29, 1.82) is 0 Å². The first-order valence-electron chi connectivity index (χ1n) is 7.69. The summed E-state index contributed by atoms with van der Waals surface area (Å²) in [4.78, 5) is 31.8. The number of amides is 2. The summed E-state index contributed by atoms with van der Waals surface area (Å²) >= 11 is 0. The van der Waals surface area contributed by atoms with Crippen LogP contribution in [-0.2, 0) is 0 Å². The number of carbonyl (C=O) groups excluding carboxylic acids is 2. The first kappa shape index (κ1) is 19.0. The van der Waals surface area contributed by atoms with E-state index in [4.69, 9.17) is 0 Å². The van der Waals surface area contributed by atoms with E-state index in [0.717, 1.165) is 0 Å². The van der Waals surface area contributed by atoms with E-state index < -0.39 is 46.2 Å². The molecule has 2 aromatic heterocycles. The fourth-order valence-electron chi connectivity index (χ4n) is 2.29. The number of hydrogen-bond donors (Lipinski definition) is 2. The van der Waals surface area contributed by atoms with Gasteiger partial charge < -0.3 is 10.6 Å². The summed E-state index contributed by atoms with van der Waals surface area (Å²) in [5.41, 5.74) is -2.78. The van der Waals surface area contributed by atoms with Crippen molar-refractivity contribution >= 4 is 23.2 Å². The van der Waals surface area contributed by atoms with Gasteiger partial charge in [-0.25, -0.2) is 17.6 Å². The molecule has 10 heteroatoms.